The largest absolute Gasteiger partial charge is 0.292 e. The molecule has 2 rings (SSSR count). The Bertz CT molecular complexity index is 541. The molecule has 0 atom stereocenters. The van der Waals surface area contributed by atoms with Crippen LogP contribution in [0.4, 0.5) is 0 Å². The van der Waals surface area contributed by atoms with Gasteiger partial charge in [0.1, 0.15) is 10.7 Å². The molecule has 0 aromatic carbocycles. The number of pyridine rings is 1. The smallest absolute Gasteiger partial charge is 0.188 e. The zero-order chi connectivity index (χ0) is 12.4. The van der Waals surface area contributed by atoms with Gasteiger partial charge < -0.3 is 0 Å². The Kier molecular flexibility index (Phi) is 3.33. The minimum Gasteiger partial charge on any atom is -0.292 e. The van der Waals surface area contributed by atoms with E-state index in [2.05, 4.69) is 9.97 Å². The molecule has 0 aliphatic rings. The molecule has 0 aliphatic carbocycles. The summed E-state index contributed by atoms with van der Waals surface area (Å²) in [5.74, 6) is 0.0388. The van der Waals surface area contributed by atoms with Crippen LogP contribution in [0.15, 0.2) is 18.3 Å². The second kappa shape index (κ2) is 4.75. The third-order valence-electron chi connectivity index (χ3n) is 2.66. The van der Waals surface area contributed by atoms with Crippen LogP contribution < -0.4 is 0 Å². The summed E-state index contributed by atoms with van der Waals surface area (Å²) in [6.45, 7) is 5.89. The van der Waals surface area contributed by atoms with Gasteiger partial charge in [-0.05, 0) is 32.4 Å². The van der Waals surface area contributed by atoms with Gasteiger partial charge in [0, 0.05) is 11.1 Å². The molecular formula is C13H14N2OS. The average Bonchev–Trinajstić information content (AvgIpc) is 2.58. The number of carbonyl (C=O) groups excluding carboxylic acids is 1. The monoisotopic (exact) mass is 246 g/mol. The molecule has 0 N–H and O–H groups in total. The highest BCUT2D eigenvalue weighted by Crippen LogP contribution is 2.18. The summed E-state index contributed by atoms with van der Waals surface area (Å²) in [5, 5.41) is 0.870. The summed E-state index contributed by atoms with van der Waals surface area (Å²) in [6.07, 6.45) is 2.00. The summed E-state index contributed by atoms with van der Waals surface area (Å²) < 4.78 is 0. The lowest BCUT2D eigenvalue weighted by molar-refractivity contribution is 0.0987. The summed E-state index contributed by atoms with van der Waals surface area (Å²) in [7, 11) is 0. The van der Waals surface area contributed by atoms with Crippen molar-refractivity contribution in [3.63, 3.8) is 0 Å². The number of aromatic nitrogens is 2. The van der Waals surface area contributed by atoms with Crippen molar-refractivity contribution in [1.82, 2.24) is 9.97 Å². The van der Waals surface area contributed by atoms with Gasteiger partial charge in [-0.2, -0.15) is 0 Å². The van der Waals surface area contributed by atoms with E-state index >= 15 is 0 Å². The molecule has 0 unspecified atom stereocenters. The predicted octanol–water partition coefficient (Wildman–Crippen LogP) is 2.89. The van der Waals surface area contributed by atoms with Gasteiger partial charge >= 0.3 is 0 Å². The lowest BCUT2D eigenvalue weighted by Gasteiger charge is -2.01. The van der Waals surface area contributed by atoms with Gasteiger partial charge in [0.15, 0.2) is 5.78 Å². The van der Waals surface area contributed by atoms with E-state index < -0.39 is 0 Å². The van der Waals surface area contributed by atoms with Crippen LogP contribution in [-0.2, 0) is 6.42 Å². The highest BCUT2D eigenvalue weighted by molar-refractivity contribution is 7.11. The maximum absolute atomic E-state index is 12.1. The maximum atomic E-state index is 12.1. The first-order chi connectivity index (χ1) is 8.08. The summed E-state index contributed by atoms with van der Waals surface area (Å²) in [4.78, 5) is 21.7. The molecule has 0 saturated heterocycles. The Morgan fingerprint density at radius 3 is 2.71 bits per heavy atom. The molecule has 0 bridgehead atoms. The van der Waals surface area contributed by atoms with Gasteiger partial charge in [0.25, 0.3) is 0 Å². The average molecular weight is 246 g/mol. The Morgan fingerprint density at radius 1 is 1.35 bits per heavy atom. The molecule has 0 saturated carbocycles. The predicted molar refractivity (Wildman–Crippen MR) is 68.6 cm³/mol. The molecule has 2 aromatic heterocycles. The first-order valence-corrected chi connectivity index (χ1v) is 6.27. The summed E-state index contributed by atoms with van der Waals surface area (Å²) in [6, 6.07) is 3.74. The fraction of sp³-hybridized carbons (Fsp3) is 0.308. The number of aryl methyl sites for hydroxylation is 3. The van der Waals surface area contributed by atoms with Crippen LogP contribution in [0.1, 0.15) is 31.6 Å². The number of carbonyl (C=O) groups is 1. The van der Waals surface area contributed by atoms with Crippen molar-refractivity contribution in [1.29, 1.82) is 0 Å². The Balaban J connectivity index is 2.20. The van der Waals surface area contributed by atoms with Crippen LogP contribution in [0, 0.1) is 20.8 Å². The Labute approximate surface area is 105 Å². The van der Waals surface area contributed by atoms with Gasteiger partial charge in [-0.3, -0.25) is 9.78 Å². The topological polar surface area (TPSA) is 42.9 Å². The zero-order valence-electron chi connectivity index (χ0n) is 10.2. The zero-order valence-corrected chi connectivity index (χ0v) is 11.0. The van der Waals surface area contributed by atoms with Crippen molar-refractivity contribution < 1.29 is 4.79 Å². The number of thiazole rings is 1. The standard InChI is InChI=1S/C13H14N2OS/c1-8-5-4-6-14-13(8)11(16)7-12-15-9(2)10(3)17-12/h4-6H,7H2,1-3H3. The van der Waals surface area contributed by atoms with Gasteiger partial charge in [-0.1, -0.05) is 6.07 Å². The van der Waals surface area contributed by atoms with Crippen LogP contribution >= 0.6 is 11.3 Å². The number of hydrogen-bond donors (Lipinski definition) is 0. The Hall–Kier alpha value is -1.55. The van der Waals surface area contributed by atoms with Crippen molar-refractivity contribution in [2.45, 2.75) is 27.2 Å². The minimum atomic E-state index is 0.0388. The Morgan fingerprint density at radius 2 is 2.12 bits per heavy atom. The lowest BCUT2D eigenvalue weighted by Crippen LogP contribution is -2.07. The SMILES string of the molecule is Cc1cccnc1C(=O)Cc1nc(C)c(C)s1. The van der Waals surface area contributed by atoms with Crippen LogP contribution in [-0.4, -0.2) is 15.8 Å². The lowest BCUT2D eigenvalue weighted by atomic mass is 10.1. The van der Waals surface area contributed by atoms with Crippen LogP contribution in [0.25, 0.3) is 0 Å². The number of ketones is 1. The first kappa shape index (κ1) is 11.9. The van der Waals surface area contributed by atoms with E-state index in [0.717, 1.165) is 16.3 Å². The highest BCUT2D eigenvalue weighted by Gasteiger charge is 2.13. The van der Waals surface area contributed by atoms with Gasteiger partial charge in [0.2, 0.25) is 0 Å². The number of hydrogen-bond acceptors (Lipinski definition) is 4. The molecule has 2 heterocycles. The molecule has 0 aliphatic heterocycles. The molecule has 0 amide bonds. The van der Waals surface area contributed by atoms with Crippen molar-refractivity contribution >= 4 is 17.1 Å². The molecule has 0 radical (unpaired) electrons. The minimum absolute atomic E-state index is 0.0388. The van der Waals surface area contributed by atoms with Crippen LogP contribution in [0.5, 0.6) is 0 Å². The normalized spacial score (nSPS) is 10.5. The third kappa shape index (κ3) is 2.58. The van der Waals surface area contributed by atoms with Crippen molar-refractivity contribution in [2.75, 3.05) is 0 Å². The van der Waals surface area contributed by atoms with Gasteiger partial charge in [0.05, 0.1) is 12.1 Å². The second-order valence-electron chi connectivity index (χ2n) is 4.02. The van der Waals surface area contributed by atoms with Crippen molar-refractivity contribution in [3.8, 4) is 0 Å². The van der Waals surface area contributed by atoms with Crippen molar-refractivity contribution in [3.05, 3.63) is 45.2 Å². The summed E-state index contributed by atoms with van der Waals surface area (Å²) >= 11 is 1.58. The molecule has 88 valence electrons. The van der Waals surface area contributed by atoms with E-state index in [4.69, 9.17) is 0 Å². The molecular weight excluding hydrogens is 232 g/mol. The molecule has 17 heavy (non-hydrogen) atoms. The van der Waals surface area contributed by atoms with Crippen LogP contribution in [0.2, 0.25) is 0 Å². The van der Waals surface area contributed by atoms with E-state index in [1.165, 1.54) is 4.88 Å². The highest BCUT2D eigenvalue weighted by atomic mass is 32.1. The van der Waals surface area contributed by atoms with E-state index in [9.17, 15) is 4.79 Å². The molecule has 0 spiro atoms. The first-order valence-electron chi connectivity index (χ1n) is 5.45. The summed E-state index contributed by atoms with van der Waals surface area (Å²) in [5.41, 5.74) is 2.48. The number of rotatable bonds is 3. The molecule has 2 aromatic rings. The van der Waals surface area contributed by atoms with E-state index in [0.29, 0.717) is 12.1 Å². The van der Waals surface area contributed by atoms with E-state index in [-0.39, 0.29) is 5.78 Å². The van der Waals surface area contributed by atoms with Crippen molar-refractivity contribution in [2.24, 2.45) is 0 Å². The van der Waals surface area contributed by atoms with Crippen LogP contribution in [0.3, 0.4) is 0 Å². The van der Waals surface area contributed by atoms with E-state index in [1.807, 2.05) is 32.9 Å². The van der Waals surface area contributed by atoms with E-state index in [1.54, 1.807) is 17.5 Å². The fourth-order valence-electron chi connectivity index (χ4n) is 1.61. The number of nitrogens with zero attached hydrogens (tertiary/aromatic N) is 2. The molecule has 4 heteroatoms. The van der Waals surface area contributed by atoms with Gasteiger partial charge in [-0.15, -0.1) is 11.3 Å². The molecule has 3 nitrogen and oxygen atoms in total. The third-order valence-corrected chi connectivity index (χ3v) is 3.73. The quantitative estimate of drug-likeness (QED) is 0.782. The fourth-order valence-corrected chi connectivity index (χ4v) is 2.55. The number of Topliss-reactive ketones (excluding diaryl/α,β-unsaturated/α-hetero) is 1. The second-order valence-corrected chi connectivity index (χ2v) is 5.31. The maximum Gasteiger partial charge on any atom is 0.188 e. The van der Waals surface area contributed by atoms with Gasteiger partial charge in [-0.25, -0.2) is 4.98 Å². The molecule has 0 fully saturated rings.